The largest absolute Gasteiger partial charge is 0.497 e. The third kappa shape index (κ3) is 6.91. The molecule has 1 heterocycles. The van der Waals surface area contributed by atoms with Crippen LogP contribution in [0.25, 0.3) is 0 Å². The maximum absolute atomic E-state index is 13.0. The van der Waals surface area contributed by atoms with Gasteiger partial charge in [0.1, 0.15) is 5.75 Å². The van der Waals surface area contributed by atoms with Gasteiger partial charge in [0.25, 0.3) is 5.91 Å². The van der Waals surface area contributed by atoms with Crippen LogP contribution in [0.2, 0.25) is 0 Å². The van der Waals surface area contributed by atoms with Crippen LogP contribution in [0.4, 0.5) is 10.5 Å². The van der Waals surface area contributed by atoms with E-state index >= 15 is 0 Å². The Kier molecular flexibility index (Phi) is 10.3. The summed E-state index contributed by atoms with van der Waals surface area (Å²) in [5, 5.41) is 2.77. The van der Waals surface area contributed by atoms with E-state index in [0.717, 1.165) is 65.4 Å². The van der Waals surface area contributed by atoms with Crippen LogP contribution in [0, 0.1) is 12.3 Å². The summed E-state index contributed by atoms with van der Waals surface area (Å²) in [5.41, 5.74) is 3.77. The first-order chi connectivity index (χ1) is 17.0. The Labute approximate surface area is 221 Å². The first-order valence-electron chi connectivity index (χ1n) is 12.1. The molecule has 0 aliphatic carbocycles. The minimum absolute atomic E-state index is 0.00145. The van der Waals surface area contributed by atoms with Gasteiger partial charge in [-0.2, -0.15) is 0 Å². The molecule has 6 nitrogen and oxygen atoms in total. The number of terminal acetylenes is 1. The van der Waals surface area contributed by atoms with Crippen molar-refractivity contribution in [3.63, 3.8) is 0 Å². The molecule has 2 aromatic rings. The van der Waals surface area contributed by atoms with Crippen LogP contribution >= 0.6 is 22.6 Å². The number of anilines is 1. The topological polar surface area (TPSA) is 67.9 Å². The number of nitrogens with one attached hydrogen (secondary N) is 1. The minimum Gasteiger partial charge on any atom is -0.497 e. The first-order valence-corrected chi connectivity index (χ1v) is 13.6. The maximum atomic E-state index is 13.0. The van der Waals surface area contributed by atoms with Gasteiger partial charge in [-0.1, -0.05) is 60.6 Å². The molecule has 0 saturated carbocycles. The number of ether oxygens (including phenoxy) is 2. The molecule has 35 heavy (non-hydrogen) atoms. The van der Waals surface area contributed by atoms with Crippen molar-refractivity contribution in [2.45, 2.75) is 57.5 Å². The summed E-state index contributed by atoms with van der Waals surface area (Å²) in [6.45, 7) is 2.54. The van der Waals surface area contributed by atoms with E-state index in [1.54, 1.807) is 7.11 Å². The Bertz CT molecular complexity index is 1050. The number of methoxy groups -OCH3 is 1. The zero-order chi connectivity index (χ0) is 25.2. The van der Waals surface area contributed by atoms with E-state index in [1.165, 1.54) is 0 Å². The SMILES string of the molecule is C#CC(=O)N1[C@@H](CCCC)Cc2cc(OC)ccc2[C@@H]1c1ccc(NC(=O)OCCCCI)cc1. The Balaban J connectivity index is 1.90. The van der Waals surface area contributed by atoms with Crippen molar-refractivity contribution in [1.82, 2.24) is 4.90 Å². The lowest BCUT2D eigenvalue weighted by molar-refractivity contribution is -0.130. The minimum atomic E-state index is -0.468. The highest BCUT2D eigenvalue weighted by atomic mass is 127. The van der Waals surface area contributed by atoms with Crippen molar-refractivity contribution < 1.29 is 19.1 Å². The number of hydrogen-bond donors (Lipinski definition) is 1. The number of hydrogen-bond acceptors (Lipinski definition) is 4. The van der Waals surface area contributed by atoms with Crippen molar-refractivity contribution >= 4 is 40.3 Å². The van der Waals surface area contributed by atoms with E-state index in [-0.39, 0.29) is 18.0 Å². The molecule has 0 bridgehead atoms. The van der Waals surface area contributed by atoms with Gasteiger partial charge in [0, 0.05) is 11.7 Å². The molecule has 2 atom stereocenters. The lowest BCUT2D eigenvalue weighted by Gasteiger charge is -2.43. The van der Waals surface area contributed by atoms with Crippen molar-refractivity contribution in [2.75, 3.05) is 23.5 Å². The van der Waals surface area contributed by atoms with Gasteiger partial charge in [0.15, 0.2) is 0 Å². The van der Waals surface area contributed by atoms with Crippen molar-refractivity contribution in [3.8, 4) is 18.1 Å². The van der Waals surface area contributed by atoms with Gasteiger partial charge in [-0.15, -0.1) is 6.42 Å². The second kappa shape index (κ2) is 13.4. The molecule has 0 fully saturated rings. The number of carbonyl (C=O) groups is 2. The molecule has 1 aliphatic rings. The third-order valence-corrected chi connectivity index (χ3v) is 7.02. The number of benzene rings is 2. The van der Waals surface area contributed by atoms with E-state index in [1.807, 2.05) is 41.3 Å². The zero-order valence-electron chi connectivity index (χ0n) is 20.4. The summed E-state index contributed by atoms with van der Waals surface area (Å²) in [7, 11) is 1.66. The molecule has 0 unspecified atom stereocenters. The van der Waals surface area contributed by atoms with Crippen molar-refractivity contribution in [1.29, 1.82) is 0 Å². The van der Waals surface area contributed by atoms with E-state index in [9.17, 15) is 9.59 Å². The molecule has 2 amide bonds. The number of amides is 2. The molecule has 1 aliphatic heterocycles. The van der Waals surface area contributed by atoms with Crippen LogP contribution in [0.5, 0.6) is 5.75 Å². The smallest absolute Gasteiger partial charge is 0.411 e. The predicted molar refractivity (Wildman–Crippen MR) is 147 cm³/mol. The number of carbonyl (C=O) groups excluding carboxylic acids is 2. The summed E-state index contributed by atoms with van der Waals surface area (Å²) in [4.78, 5) is 27.0. The molecule has 2 aromatic carbocycles. The quantitative estimate of drug-likeness (QED) is 0.157. The van der Waals surface area contributed by atoms with E-state index in [4.69, 9.17) is 15.9 Å². The Morgan fingerprint density at radius 3 is 2.60 bits per heavy atom. The van der Waals surface area contributed by atoms with Gasteiger partial charge < -0.3 is 14.4 Å². The summed E-state index contributed by atoms with van der Waals surface area (Å²) in [6, 6.07) is 13.2. The van der Waals surface area contributed by atoms with Crippen LogP contribution in [-0.4, -0.2) is 41.1 Å². The van der Waals surface area contributed by atoms with Gasteiger partial charge in [-0.25, -0.2) is 4.79 Å². The van der Waals surface area contributed by atoms with Crippen molar-refractivity contribution in [3.05, 3.63) is 59.2 Å². The van der Waals surface area contributed by atoms with Crippen LogP contribution in [0.1, 0.15) is 61.8 Å². The molecular weight excluding hydrogens is 555 g/mol. The maximum Gasteiger partial charge on any atom is 0.411 e. The standard InChI is InChI=1S/C28H33IN2O4/c1-4-6-9-23-18-21-19-24(34-3)14-15-25(21)27(31(23)26(32)5-2)20-10-12-22(13-11-20)30-28(33)35-17-8-7-16-29/h2,10-15,19,23,27H,4,6-9,16-18H2,1,3H3,(H,30,33)/t23-,27-/m0/s1. The van der Waals surface area contributed by atoms with Gasteiger partial charge in [0.05, 0.1) is 19.8 Å². The highest BCUT2D eigenvalue weighted by molar-refractivity contribution is 14.1. The second-order valence-corrected chi connectivity index (χ2v) is 9.68. The predicted octanol–water partition coefficient (Wildman–Crippen LogP) is 6.13. The van der Waals surface area contributed by atoms with Crippen molar-refractivity contribution in [2.24, 2.45) is 0 Å². The average Bonchev–Trinajstić information content (AvgIpc) is 2.88. The Hall–Kier alpha value is -2.73. The monoisotopic (exact) mass is 588 g/mol. The molecule has 0 radical (unpaired) electrons. The Morgan fingerprint density at radius 2 is 1.94 bits per heavy atom. The Morgan fingerprint density at radius 1 is 1.17 bits per heavy atom. The number of nitrogens with zero attached hydrogens (tertiary/aromatic N) is 1. The van der Waals surface area contributed by atoms with E-state index in [2.05, 4.69) is 46.8 Å². The number of unbranched alkanes of at least 4 members (excludes halogenated alkanes) is 2. The summed E-state index contributed by atoms with van der Waals surface area (Å²) >= 11 is 2.31. The summed E-state index contributed by atoms with van der Waals surface area (Å²) < 4.78 is 11.7. The van der Waals surface area contributed by atoms with Gasteiger partial charge >= 0.3 is 6.09 Å². The van der Waals surface area contributed by atoms with Gasteiger partial charge in [-0.3, -0.25) is 10.1 Å². The zero-order valence-corrected chi connectivity index (χ0v) is 22.5. The molecule has 0 spiro atoms. The highest BCUT2D eigenvalue weighted by Crippen LogP contribution is 2.40. The number of halogens is 1. The van der Waals surface area contributed by atoms with E-state index < -0.39 is 6.09 Å². The van der Waals surface area contributed by atoms with Crippen LogP contribution < -0.4 is 10.1 Å². The molecule has 0 saturated heterocycles. The lowest BCUT2D eigenvalue weighted by Crippen LogP contribution is -2.47. The molecule has 1 N–H and O–H groups in total. The van der Waals surface area contributed by atoms with Gasteiger partial charge in [0.2, 0.25) is 0 Å². The second-order valence-electron chi connectivity index (χ2n) is 8.60. The van der Waals surface area contributed by atoms with Crippen LogP contribution in [-0.2, 0) is 16.0 Å². The summed E-state index contributed by atoms with van der Waals surface area (Å²) in [6.07, 6.45) is 10.7. The molecule has 0 aromatic heterocycles. The van der Waals surface area contributed by atoms with E-state index in [0.29, 0.717) is 12.3 Å². The fourth-order valence-electron chi connectivity index (χ4n) is 4.51. The molecule has 3 rings (SSSR count). The summed E-state index contributed by atoms with van der Waals surface area (Å²) in [5.74, 6) is 2.83. The number of rotatable bonds is 10. The molecular formula is C28H33IN2O4. The molecule has 7 heteroatoms. The fraction of sp³-hybridized carbons (Fsp3) is 0.429. The highest BCUT2D eigenvalue weighted by Gasteiger charge is 2.37. The third-order valence-electron chi connectivity index (χ3n) is 6.25. The van der Waals surface area contributed by atoms with Crippen LogP contribution in [0.3, 0.4) is 0 Å². The lowest BCUT2D eigenvalue weighted by atomic mass is 9.83. The number of fused-ring (bicyclic) bond motifs is 1. The number of alkyl halides is 1. The normalized spacial score (nSPS) is 16.7. The molecule has 186 valence electrons. The van der Waals surface area contributed by atoms with Gasteiger partial charge in [-0.05, 0) is 77.0 Å². The van der Waals surface area contributed by atoms with Crippen LogP contribution in [0.15, 0.2) is 42.5 Å². The average molecular weight is 588 g/mol. The first kappa shape index (κ1) is 26.9. The fourth-order valence-corrected chi connectivity index (χ4v) is 5.05.